The highest BCUT2D eigenvalue weighted by molar-refractivity contribution is 7.98. The van der Waals surface area contributed by atoms with Gasteiger partial charge in [0, 0.05) is 50.3 Å². The maximum atomic E-state index is 12.3. The summed E-state index contributed by atoms with van der Waals surface area (Å²) >= 11 is 7.60. The summed E-state index contributed by atoms with van der Waals surface area (Å²) in [6, 6.07) is 7.73. The van der Waals surface area contributed by atoms with Crippen LogP contribution in [0.3, 0.4) is 0 Å². The number of amides is 1. The molecule has 0 bridgehead atoms. The molecule has 1 aliphatic heterocycles. The van der Waals surface area contributed by atoms with Gasteiger partial charge >= 0.3 is 0 Å². The van der Waals surface area contributed by atoms with Crippen LogP contribution in [0.25, 0.3) is 0 Å². The molecule has 1 amide bonds. The van der Waals surface area contributed by atoms with Gasteiger partial charge in [0.05, 0.1) is 5.92 Å². The monoisotopic (exact) mass is 419 g/mol. The summed E-state index contributed by atoms with van der Waals surface area (Å²) in [5.74, 6) is 1.34. The van der Waals surface area contributed by atoms with Crippen molar-refractivity contribution in [3.05, 3.63) is 34.9 Å². The minimum atomic E-state index is -3.46. The van der Waals surface area contributed by atoms with Crippen LogP contribution in [-0.4, -0.2) is 62.4 Å². The Morgan fingerprint density at radius 2 is 2.04 bits per heavy atom. The van der Waals surface area contributed by atoms with Crippen LogP contribution in [0.15, 0.2) is 24.3 Å². The highest BCUT2D eigenvalue weighted by Gasteiger charge is 2.33. The molecule has 1 N–H and O–H groups in total. The van der Waals surface area contributed by atoms with E-state index in [0.29, 0.717) is 19.5 Å². The lowest BCUT2D eigenvalue weighted by Crippen LogP contribution is -2.49. The lowest BCUT2D eigenvalue weighted by atomic mass is 9.99. The second-order valence-corrected chi connectivity index (χ2v) is 10.1. The summed E-state index contributed by atoms with van der Waals surface area (Å²) in [6.45, 7) is 1.31. The summed E-state index contributed by atoms with van der Waals surface area (Å²) in [6.07, 6.45) is 1.43. The average molecular weight is 420 g/mol. The second-order valence-electron chi connectivity index (χ2n) is 6.46. The molecule has 0 saturated carbocycles. The van der Waals surface area contributed by atoms with Gasteiger partial charge in [0.1, 0.15) is 0 Å². The third-order valence-corrected chi connectivity index (χ3v) is 7.46. The van der Waals surface area contributed by atoms with Gasteiger partial charge in [-0.1, -0.05) is 23.7 Å². The fourth-order valence-electron chi connectivity index (χ4n) is 2.76. The maximum Gasteiger partial charge on any atom is 0.281 e. The lowest BCUT2D eigenvalue weighted by molar-refractivity contribution is -0.125. The van der Waals surface area contributed by atoms with Crippen molar-refractivity contribution in [1.82, 2.24) is 13.9 Å². The number of thioether (sulfide) groups is 1. The molecular formula is C17H26ClN3O3S2. The number of hydrogen-bond donors (Lipinski definition) is 1. The molecule has 1 aromatic carbocycles. The molecule has 0 spiro atoms. The number of carbonyl (C=O) groups is 1. The first-order valence-electron chi connectivity index (χ1n) is 8.58. The molecule has 6 nitrogen and oxygen atoms in total. The summed E-state index contributed by atoms with van der Waals surface area (Å²) < 4.78 is 27.0. The summed E-state index contributed by atoms with van der Waals surface area (Å²) in [7, 11) is -0.434. The Kier molecular flexibility index (Phi) is 8.22. The molecule has 26 heavy (non-hydrogen) atoms. The Balaban J connectivity index is 1.71. The standard InChI is InChI=1S/C17H26ClN3O3S2/c1-20(2)26(23,24)21-10-3-4-15(12-21)17(22)19-9-11-25-13-14-5-7-16(18)8-6-14/h5-8,15H,3-4,9-13H2,1-2H3,(H,19,22)/t15-/m1/s1. The molecule has 0 aliphatic carbocycles. The quantitative estimate of drug-likeness (QED) is 0.656. The predicted molar refractivity (Wildman–Crippen MR) is 108 cm³/mol. The van der Waals surface area contributed by atoms with E-state index in [0.717, 1.165) is 22.9 Å². The molecule has 1 aromatic rings. The van der Waals surface area contributed by atoms with Gasteiger partial charge in [-0.2, -0.15) is 28.8 Å². The van der Waals surface area contributed by atoms with Crippen molar-refractivity contribution in [3.8, 4) is 0 Å². The maximum absolute atomic E-state index is 12.3. The van der Waals surface area contributed by atoms with Gasteiger partial charge in [-0.25, -0.2) is 0 Å². The SMILES string of the molecule is CN(C)S(=O)(=O)N1CCC[C@@H](C(=O)NCCSCc2ccc(Cl)cc2)C1. The Bertz CT molecular complexity index is 696. The van der Waals surface area contributed by atoms with E-state index in [9.17, 15) is 13.2 Å². The van der Waals surface area contributed by atoms with Crippen molar-refractivity contribution in [2.24, 2.45) is 5.92 Å². The molecule has 0 aromatic heterocycles. The highest BCUT2D eigenvalue weighted by atomic mass is 35.5. The number of hydrogen-bond acceptors (Lipinski definition) is 4. The smallest absolute Gasteiger partial charge is 0.281 e. The van der Waals surface area contributed by atoms with E-state index in [1.165, 1.54) is 28.3 Å². The molecule has 0 unspecified atom stereocenters. The fraction of sp³-hybridized carbons (Fsp3) is 0.588. The van der Waals surface area contributed by atoms with Gasteiger partial charge in [-0.15, -0.1) is 0 Å². The van der Waals surface area contributed by atoms with E-state index in [1.54, 1.807) is 11.8 Å². The molecular weight excluding hydrogens is 394 g/mol. The largest absolute Gasteiger partial charge is 0.355 e. The van der Waals surface area contributed by atoms with Gasteiger partial charge in [0.15, 0.2) is 0 Å². The van der Waals surface area contributed by atoms with Crippen LogP contribution in [0.4, 0.5) is 0 Å². The van der Waals surface area contributed by atoms with Crippen LogP contribution in [0.2, 0.25) is 5.02 Å². The van der Waals surface area contributed by atoms with Crippen LogP contribution in [0.1, 0.15) is 18.4 Å². The van der Waals surface area contributed by atoms with Crippen LogP contribution < -0.4 is 5.32 Å². The number of nitrogens with zero attached hydrogens (tertiary/aromatic N) is 2. The minimum Gasteiger partial charge on any atom is -0.355 e. The zero-order valence-electron chi connectivity index (χ0n) is 15.2. The van der Waals surface area contributed by atoms with Gasteiger partial charge in [0.2, 0.25) is 5.91 Å². The van der Waals surface area contributed by atoms with Crippen molar-refractivity contribution < 1.29 is 13.2 Å². The zero-order valence-corrected chi connectivity index (χ0v) is 17.5. The minimum absolute atomic E-state index is 0.0595. The molecule has 1 heterocycles. The van der Waals surface area contributed by atoms with Gasteiger partial charge < -0.3 is 5.32 Å². The normalized spacial score (nSPS) is 18.8. The van der Waals surface area contributed by atoms with Crippen LogP contribution in [0.5, 0.6) is 0 Å². The molecule has 146 valence electrons. The number of nitrogens with one attached hydrogen (secondary N) is 1. The third-order valence-electron chi connectivity index (χ3n) is 4.27. The first-order chi connectivity index (χ1) is 12.3. The Morgan fingerprint density at radius 1 is 1.35 bits per heavy atom. The van der Waals surface area contributed by atoms with Gasteiger partial charge in [-0.05, 0) is 30.5 Å². The van der Waals surface area contributed by atoms with E-state index in [1.807, 2.05) is 24.3 Å². The van der Waals surface area contributed by atoms with Gasteiger partial charge in [-0.3, -0.25) is 4.79 Å². The third kappa shape index (κ3) is 6.13. The number of piperidine rings is 1. The Hall–Kier alpha value is -0.800. The number of benzene rings is 1. The van der Waals surface area contributed by atoms with E-state index in [-0.39, 0.29) is 18.4 Å². The summed E-state index contributed by atoms with van der Waals surface area (Å²) in [5, 5.41) is 3.66. The number of halogens is 1. The zero-order chi connectivity index (χ0) is 19.2. The molecule has 1 aliphatic rings. The molecule has 2 rings (SSSR count). The first-order valence-corrected chi connectivity index (χ1v) is 11.5. The molecule has 1 atom stereocenters. The van der Waals surface area contributed by atoms with Crippen molar-refractivity contribution >= 4 is 39.5 Å². The topological polar surface area (TPSA) is 69.7 Å². The second kappa shape index (κ2) is 9.94. The number of rotatable bonds is 8. The number of carbonyl (C=O) groups excluding carboxylic acids is 1. The van der Waals surface area contributed by atoms with Crippen LogP contribution in [0, 0.1) is 5.92 Å². The van der Waals surface area contributed by atoms with Crippen LogP contribution in [-0.2, 0) is 20.8 Å². The van der Waals surface area contributed by atoms with Crippen molar-refractivity contribution in [3.63, 3.8) is 0 Å². The van der Waals surface area contributed by atoms with Crippen LogP contribution >= 0.6 is 23.4 Å². The molecule has 1 saturated heterocycles. The lowest BCUT2D eigenvalue weighted by Gasteiger charge is -2.32. The predicted octanol–water partition coefficient (Wildman–Crippen LogP) is 2.21. The van der Waals surface area contributed by atoms with Crippen molar-refractivity contribution in [1.29, 1.82) is 0 Å². The Labute approximate surface area is 165 Å². The molecule has 1 fully saturated rings. The molecule has 9 heteroatoms. The van der Waals surface area contributed by atoms with E-state index >= 15 is 0 Å². The average Bonchev–Trinajstić information content (AvgIpc) is 2.62. The fourth-order valence-corrected chi connectivity index (χ4v) is 4.89. The van der Waals surface area contributed by atoms with Gasteiger partial charge in [0.25, 0.3) is 10.2 Å². The van der Waals surface area contributed by atoms with Crippen molar-refractivity contribution in [2.75, 3.05) is 39.5 Å². The van der Waals surface area contributed by atoms with E-state index in [2.05, 4.69) is 5.32 Å². The Morgan fingerprint density at radius 3 is 2.69 bits per heavy atom. The highest BCUT2D eigenvalue weighted by Crippen LogP contribution is 2.20. The molecule has 0 radical (unpaired) electrons. The van der Waals surface area contributed by atoms with E-state index < -0.39 is 10.2 Å². The van der Waals surface area contributed by atoms with E-state index in [4.69, 9.17) is 11.6 Å². The van der Waals surface area contributed by atoms with Crippen molar-refractivity contribution in [2.45, 2.75) is 18.6 Å². The summed E-state index contributed by atoms with van der Waals surface area (Å²) in [5.41, 5.74) is 1.20. The summed E-state index contributed by atoms with van der Waals surface area (Å²) in [4.78, 5) is 12.3. The first kappa shape index (κ1) is 21.5.